The Bertz CT molecular complexity index is 578. The molecule has 1 rings (SSSR count). The second-order valence-corrected chi connectivity index (χ2v) is 7.39. The third-order valence-corrected chi connectivity index (χ3v) is 4.00. The summed E-state index contributed by atoms with van der Waals surface area (Å²) in [6.45, 7) is 27.2. The molecular weight excluding hydrogens is 364 g/mol. The lowest BCUT2D eigenvalue weighted by Gasteiger charge is -2.10. The summed E-state index contributed by atoms with van der Waals surface area (Å²) in [5.74, 6) is 0.664. The Morgan fingerprint density at radius 1 is 1.21 bits per heavy atom. The number of benzene rings is 1. The van der Waals surface area contributed by atoms with Gasteiger partial charge in [0.1, 0.15) is 6.79 Å². The van der Waals surface area contributed by atoms with Gasteiger partial charge in [-0.3, -0.25) is 0 Å². The maximum atomic E-state index is 8.00. The van der Waals surface area contributed by atoms with Crippen LogP contribution in [0.5, 0.6) is 0 Å². The topological polar surface area (TPSA) is 41.1 Å². The highest BCUT2D eigenvalue weighted by Gasteiger charge is 1.98. The summed E-state index contributed by atoms with van der Waals surface area (Å²) in [7, 11) is 1.94. The molecule has 0 aromatic heterocycles. The Labute approximate surface area is 178 Å². The first-order valence-corrected chi connectivity index (χ1v) is 10.1. The number of carbonyl (C=O) groups excluding carboxylic acids is 1. The molecule has 0 aliphatic rings. The van der Waals surface area contributed by atoms with E-state index >= 15 is 0 Å². The van der Waals surface area contributed by atoms with E-state index in [1.807, 2.05) is 20.8 Å². The van der Waals surface area contributed by atoms with Gasteiger partial charge in [-0.05, 0) is 54.4 Å². The molecule has 158 valence electrons. The standard InChI is InChI=1S/C12H17N.C9H17NS.C2H4.CH2O/c1-4-10(5-2)11-7-6-8-12(9-11)13-3;1-7(2)6-10-9(5)11-8(3)4;2*1-2/h4,6-9,13H,5H2,1-3H3;7,10H,3,5-6H2,1-2,4H3;1-2H2;1H2/b10-4+;;;. The summed E-state index contributed by atoms with van der Waals surface area (Å²) in [5.41, 5.74) is 3.89. The minimum absolute atomic E-state index is 0.664. The molecule has 0 unspecified atom stereocenters. The van der Waals surface area contributed by atoms with Crippen LogP contribution in [0.3, 0.4) is 0 Å². The van der Waals surface area contributed by atoms with Crippen molar-refractivity contribution in [1.29, 1.82) is 0 Å². The zero-order valence-corrected chi connectivity index (χ0v) is 19.5. The Hall–Kier alpha value is -2.20. The number of anilines is 1. The average molecular weight is 405 g/mol. The molecule has 1 aromatic rings. The van der Waals surface area contributed by atoms with Gasteiger partial charge in [-0.2, -0.15) is 0 Å². The number of carbonyl (C=O) groups is 1. The van der Waals surface area contributed by atoms with Gasteiger partial charge < -0.3 is 15.4 Å². The monoisotopic (exact) mass is 404 g/mol. The predicted octanol–water partition coefficient (Wildman–Crippen LogP) is 7.13. The number of hydrogen-bond acceptors (Lipinski definition) is 4. The van der Waals surface area contributed by atoms with Crippen LogP contribution in [0.2, 0.25) is 0 Å². The molecule has 0 heterocycles. The molecule has 0 saturated carbocycles. The third-order valence-electron chi connectivity index (χ3n) is 3.26. The van der Waals surface area contributed by atoms with Gasteiger partial charge in [-0.25, -0.2) is 0 Å². The van der Waals surface area contributed by atoms with Gasteiger partial charge in [0.15, 0.2) is 0 Å². The summed E-state index contributed by atoms with van der Waals surface area (Å²) < 4.78 is 0. The van der Waals surface area contributed by atoms with Crippen molar-refractivity contribution >= 4 is 29.8 Å². The smallest absolute Gasteiger partial charge is 0.106 e. The summed E-state index contributed by atoms with van der Waals surface area (Å²) >= 11 is 1.60. The van der Waals surface area contributed by atoms with Crippen LogP contribution < -0.4 is 10.6 Å². The molecule has 0 saturated heterocycles. The van der Waals surface area contributed by atoms with Gasteiger partial charge in [-0.1, -0.05) is 63.9 Å². The SMILES string of the molecule is C/C=C(\CC)c1cccc(NC)c1.C=C.C=C(C)SC(=C)NCC(C)C.C=O. The highest BCUT2D eigenvalue weighted by atomic mass is 32.2. The highest BCUT2D eigenvalue weighted by molar-refractivity contribution is 8.06. The lowest BCUT2D eigenvalue weighted by Crippen LogP contribution is -2.16. The number of allylic oxidation sites excluding steroid dienone is 3. The quantitative estimate of drug-likeness (QED) is 0.452. The second kappa shape index (κ2) is 21.1. The summed E-state index contributed by atoms with van der Waals surface area (Å²) in [5, 5.41) is 7.36. The van der Waals surface area contributed by atoms with E-state index in [0.29, 0.717) is 5.92 Å². The Kier molecular flexibility index (Phi) is 23.0. The van der Waals surface area contributed by atoms with Crippen LogP contribution in [-0.2, 0) is 4.79 Å². The Morgan fingerprint density at radius 2 is 1.79 bits per heavy atom. The summed E-state index contributed by atoms with van der Waals surface area (Å²) in [4.78, 5) is 9.08. The number of hydrogen-bond donors (Lipinski definition) is 2. The normalized spacial score (nSPS) is 9.46. The van der Waals surface area contributed by atoms with Crippen LogP contribution in [-0.4, -0.2) is 20.4 Å². The maximum absolute atomic E-state index is 8.00. The van der Waals surface area contributed by atoms with Crippen molar-refractivity contribution in [1.82, 2.24) is 5.32 Å². The molecule has 0 atom stereocenters. The summed E-state index contributed by atoms with van der Waals surface area (Å²) in [6, 6.07) is 8.49. The zero-order chi connectivity index (χ0) is 22.5. The van der Waals surface area contributed by atoms with Crippen molar-refractivity contribution in [3.63, 3.8) is 0 Å². The van der Waals surface area contributed by atoms with Crippen molar-refractivity contribution in [2.75, 3.05) is 18.9 Å². The van der Waals surface area contributed by atoms with E-state index in [1.165, 1.54) is 16.8 Å². The van der Waals surface area contributed by atoms with Gasteiger partial charge >= 0.3 is 0 Å². The molecule has 0 fully saturated rings. The second-order valence-electron chi connectivity index (χ2n) is 6.00. The van der Waals surface area contributed by atoms with Gasteiger partial charge in [-0.15, -0.1) is 13.2 Å². The number of rotatable bonds is 8. The van der Waals surface area contributed by atoms with E-state index in [-0.39, 0.29) is 0 Å². The maximum Gasteiger partial charge on any atom is 0.106 e. The van der Waals surface area contributed by atoms with E-state index in [2.05, 4.69) is 95.0 Å². The number of thioether (sulfide) groups is 1. The van der Waals surface area contributed by atoms with Crippen molar-refractivity contribution in [3.05, 3.63) is 72.2 Å². The first kappa shape index (κ1) is 30.5. The van der Waals surface area contributed by atoms with Crippen molar-refractivity contribution in [2.24, 2.45) is 5.92 Å². The van der Waals surface area contributed by atoms with Crippen LogP contribution in [0.15, 0.2) is 66.6 Å². The molecule has 0 spiro atoms. The molecule has 0 amide bonds. The minimum Gasteiger partial charge on any atom is -0.388 e. The fourth-order valence-corrected chi connectivity index (χ4v) is 2.59. The molecule has 28 heavy (non-hydrogen) atoms. The molecule has 4 heteroatoms. The number of nitrogens with one attached hydrogen (secondary N) is 2. The molecule has 0 aliphatic heterocycles. The zero-order valence-electron chi connectivity index (χ0n) is 18.7. The van der Waals surface area contributed by atoms with Gasteiger partial charge in [0.05, 0.1) is 5.03 Å². The van der Waals surface area contributed by atoms with E-state index in [4.69, 9.17) is 4.79 Å². The molecular formula is C24H40N2OS. The largest absolute Gasteiger partial charge is 0.388 e. The molecule has 0 bridgehead atoms. The van der Waals surface area contributed by atoms with Gasteiger partial charge in [0.25, 0.3) is 0 Å². The highest BCUT2D eigenvalue weighted by Crippen LogP contribution is 2.20. The molecule has 0 aliphatic carbocycles. The predicted molar refractivity (Wildman–Crippen MR) is 133 cm³/mol. The fraction of sp³-hybridized carbons (Fsp3) is 0.375. The van der Waals surface area contributed by atoms with Crippen LogP contribution in [0.1, 0.15) is 46.6 Å². The summed E-state index contributed by atoms with van der Waals surface area (Å²) in [6.07, 6.45) is 3.26. The van der Waals surface area contributed by atoms with Crippen LogP contribution >= 0.6 is 11.8 Å². The van der Waals surface area contributed by atoms with Crippen molar-refractivity contribution in [2.45, 2.75) is 41.0 Å². The van der Waals surface area contributed by atoms with Crippen molar-refractivity contribution < 1.29 is 4.79 Å². The minimum atomic E-state index is 0.664. The first-order valence-electron chi connectivity index (χ1n) is 9.32. The Balaban J connectivity index is -0.000000383. The average Bonchev–Trinajstić information content (AvgIpc) is 2.70. The van der Waals surface area contributed by atoms with E-state index < -0.39 is 0 Å². The van der Waals surface area contributed by atoms with Crippen molar-refractivity contribution in [3.8, 4) is 0 Å². The van der Waals surface area contributed by atoms with Crippen LogP contribution in [0, 0.1) is 5.92 Å². The van der Waals surface area contributed by atoms with E-state index in [9.17, 15) is 0 Å². The fourth-order valence-electron chi connectivity index (χ4n) is 2.01. The van der Waals surface area contributed by atoms with E-state index in [0.717, 1.165) is 22.9 Å². The van der Waals surface area contributed by atoms with E-state index in [1.54, 1.807) is 11.8 Å². The Morgan fingerprint density at radius 3 is 2.18 bits per heavy atom. The lowest BCUT2D eigenvalue weighted by molar-refractivity contribution is -0.0979. The van der Waals surface area contributed by atoms with Crippen LogP contribution in [0.4, 0.5) is 5.69 Å². The van der Waals surface area contributed by atoms with Gasteiger partial charge in [0.2, 0.25) is 0 Å². The molecule has 2 N–H and O–H groups in total. The lowest BCUT2D eigenvalue weighted by atomic mass is 10.0. The molecule has 1 aromatic carbocycles. The van der Waals surface area contributed by atoms with Gasteiger partial charge in [0, 0.05) is 19.3 Å². The molecule has 0 radical (unpaired) electrons. The molecule has 3 nitrogen and oxygen atoms in total. The third kappa shape index (κ3) is 17.2. The first-order chi connectivity index (χ1) is 13.3. The van der Waals surface area contributed by atoms with Crippen LogP contribution in [0.25, 0.3) is 5.57 Å².